The molecule has 0 fully saturated rings. The van der Waals surface area contributed by atoms with Crippen LogP contribution in [0.1, 0.15) is 101 Å². The Hall–Kier alpha value is -2.45. The Morgan fingerprint density at radius 2 is 1.15 bits per heavy atom. The molecule has 0 bridgehead atoms. The summed E-state index contributed by atoms with van der Waals surface area (Å²) in [4.78, 5) is 61.4. The van der Waals surface area contributed by atoms with Crippen LogP contribution in [-0.4, -0.2) is 52.4 Å². The lowest BCUT2D eigenvalue weighted by atomic mass is 9.94. The second kappa shape index (κ2) is 12.9. The van der Waals surface area contributed by atoms with Crippen LogP contribution in [0.2, 0.25) is 0 Å². The summed E-state index contributed by atoms with van der Waals surface area (Å²) < 4.78 is 16.0. The predicted octanol–water partition coefficient (Wildman–Crippen LogP) is 3.65. The van der Waals surface area contributed by atoms with Crippen molar-refractivity contribution >= 4 is 29.6 Å². The highest BCUT2D eigenvalue weighted by Crippen LogP contribution is 2.21. The van der Waals surface area contributed by atoms with E-state index in [1.54, 1.807) is 62.3 Å². The van der Waals surface area contributed by atoms with Gasteiger partial charge >= 0.3 is 17.9 Å². The van der Waals surface area contributed by atoms with Crippen molar-refractivity contribution in [3.8, 4) is 0 Å². The number of hydrogen-bond acceptors (Lipinski definition) is 8. The van der Waals surface area contributed by atoms with Crippen LogP contribution >= 0.6 is 0 Å². The van der Waals surface area contributed by atoms with Gasteiger partial charge in [-0.1, -0.05) is 0 Å². The molecule has 196 valence electrons. The van der Waals surface area contributed by atoms with E-state index in [1.807, 2.05) is 0 Å². The van der Waals surface area contributed by atoms with Gasteiger partial charge < -0.3 is 19.5 Å². The fourth-order valence-electron chi connectivity index (χ4n) is 2.92. The third-order valence-electron chi connectivity index (χ3n) is 4.11. The number of ketones is 1. The van der Waals surface area contributed by atoms with Gasteiger partial charge in [0, 0.05) is 26.2 Å². The third-order valence-corrected chi connectivity index (χ3v) is 4.11. The predicted molar refractivity (Wildman–Crippen MR) is 127 cm³/mol. The molecule has 1 amide bonds. The van der Waals surface area contributed by atoms with Crippen LogP contribution < -0.4 is 5.32 Å². The molecule has 0 radical (unpaired) electrons. The van der Waals surface area contributed by atoms with Gasteiger partial charge in [-0.15, -0.1) is 0 Å². The van der Waals surface area contributed by atoms with E-state index in [1.165, 1.54) is 6.92 Å². The minimum Gasteiger partial charge on any atom is -0.460 e. The Morgan fingerprint density at radius 3 is 1.59 bits per heavy atom. The summed E-state index contributed by atoms with van der Waals surface area (Å²) in [6.45, 7) is 16.8. The van der Waals surface area contributed by atoms with Crippen LogP contribution in [0.3, 0.4) is 0 Å². The van der Waals surface area contributed by atoms with Gasteiger partial charge in [-0.25, -0.2) is 4.79 Å². The first-order valence-electron chi connectivity index (χ1n) is 11.6. The van der Waals surface area contributed by atoms with Crippen LogP contribution in [-0.2, 0) is 38.2 Å². The van der Waals surface area contributed by atoms with Gasteiger partial charge in [0.1, 0.15) is 28.6 Å². The molecule has 2 atom stereocenters. The van der Waals surface area contributed by atoms with E-state index in [0.717, 1.165) is 0 Å². The van der Waals surface area contributed by atoms with Gasteiger partial charge in [-0.05, 0) is 75.2 Å². The van der Waals surface area contributed by atoms with E-state index in [9.17, 15) is 24.0 Å². The zero-order chi connectivity index (χ0) is 26.9. The SMILES string of the molecule is CC(=O)N[C@@H](CCC(=O)C[C@@H](CCC(=O)OC(C)(C)C)C(=O)OC(C)(C)C)C(=O)OC(C)(C)C. The molecule has 0 aromatic heterocycles. The summed E-state index contributed by atoms with van der Waals surface area (Å²) in [7, 11) is 0. The Morgan fingerprint density at radius 1 is 0.676 bits per heavy atom. The topological polar surface area (TPSA) is 125 Å². The standard InChI is InChI=1S/C25H43NO8/c1-16(27)26-19(22(31)34-25(8,9)10)13-12-18(28)15-17(21(30)33-24(5,6)7)11-14-20(29)32-23(2,3)4/h17,19H,11-15H2,1-10H3,(H,26,27)/t17-,19+/m1/s1. The zero-order valence-corrected chi connectivity index (χ0v) is 22.5. The highest BCUT2D eigenvalue weighted by Gasteiger charge is 2.30. The maximum absolute atomic E-state index is 12.7. The average Bonchev–Trinajstić information content (AvgIpc) is 2.57. The van der Waals surface area contributed by atoms with Crippen molar-refractivity contribution < 1.29 is 38.2 Å². The van der Waals surface area contributed by atoms with E-state index >= 15 is 0 Å². The lowest BCUT2D eigenvalue weighted by molar-refractivity contribution is -0.163. The zero-order valence-electron chi connectivity index (χ0n) is 22.5. The molecular formula is C25H43NO8. The van der Waals surface area contributed by atoms with Gasteiger partial charge in [-0.2, -0.15) is 0 Å². The molecule has 0 saturated carbocycles. The van der Waals surface area contributed by atoms with Crippen molar-refractivity contribution in [2.45, 2.75) is 124 Å². The number of Topliss-reactive ketones (excluding diaryl/α,β-unsaturated/α-hetero) is 1. The molecular weight excluding hydrogens is 442 g/mol. The van der Waals surface area contributed by atoms with Crippen LogP contribution in [0.15, 0.2) is 0 Å². The number of carbonyl (C=O) groups excluding carboxylic acids is 5. The summed E-state index contributed by atoms with van der Waals surface area (Å²) in [6.07, 6.45) is -0.132. The fraction of sp³-hybridized carbons (Fsp3) is 0.800. The average molecular weight is 486 g/mol. The number of nitrogens with one attached hydrogen (secondary N) is 1. The first-order valence-corrected chi connectivity index (χ1v) is 11.6. The molecule has 0 saturated heterocycles. The van der Waals surface area contributed by atoms with Crippen molar-refractivity contribution in [2.75, 3.05) is 0 Å². The number of carbonyl (C=O) groups is 5. The maximum atomic E-state index is 12.7. The van der Waals surface area contributed by atoms with Crippen molar-refractivity contribution in [3.63, 3.8) is 0 Å². The number of ether oxygens (including phenoxy) is 3. The summed E-state index contributed by atoms with van der Waals surface area (Å²) in [5, 5.41) is 2.51. The van der Waals surface area contributed by atoms with Crippen LogP contribution in [0, 0.1) is 5.92 Å². The fourth-order valence-corrected chi connectivity index (χ4v) is 2.92. The van der Waals surface area contributed by atoms with Crippen molar-refractivity contribution in [1.82, 2.24) is 5.32 Å². The van der Waals surface area contributed by atoms with E-state index < -0.39 is 52.6 Å². The Labute approximate surface area is 203 Å². The Kier molecular flexibility index (Phi) is 11.9. The first kappa shape index (κ1) is 31.6. The number of hydrogen-bond donors (Lipinski definition) is 1. The van der Waals surface area contributed by atoms with E-state index in [2.05, 4.69) is 5.32 Å². The third kappa shape index (κ3) is 16.2. The molecule has 1 N–H and O–H groups in total. The van der Waals surface area contributed by atoms with Gasteiger partial charge in [0.15, 0.2) is 0 Å². The Bertz CT molecular complexity index is 737. The Balaban J connectivity index is 5.24. The molecule has 9 heteroatoms. The van der Waals surface area contributed by atoms with Gasteiger partial charge in [0.2, 0.25) is 5.91 Å². The highest BCUT2D eigenvalue weighted by molar-refractivity contribution is 5.87. The number of amides is 1. The lowest BCUT2D eigenvalue weighted by Crippen LogP contribution is -2.43. The second-order valence-electron chi connectivity index (χ2n) is 11.4. The first-order chi connectivity index (χ1) is 15.2. The van der Waals surface area contributed by atoms with Gasteiger partial charge in [0.05, 0.1) is 5.92 Å². The molecule has 0 heterocycles. The van der Waals surface area contributed by atoms with E-state index in [4.69, 9.17) is 14.2 Å². The van der Waals surface area contributed by atoms with Crippen molar-refractivity contribution in [1.29, 1.82) is 0 Å². The summed E-state index contributed by atoms with van der Waals surface area (Å²) in [6, 6.07) is -0.984. The minimum absolute atomic E-state index is 0.0282. The normalized spacial score (nSPS) is 13.9. The van der Waals surface area contributed by atoms with E-state index in [0.29, 0.717) is 0 Å². The molecule has 0 unspecified atom stereocenters. The summed E-state index contributed by atoms with van der Waals surface area (Å²) in [5.41, 5.74) is -2.16. The van der Waals surface area contributed by atoms with Gasteiger partial charge in [0.25, 0.3) is 0 Å². The summed E-state index contributed by atoms with van der Waals surface area (Å²) >= 11 is 0. The van der Waals surface area contributed by atoms with Gasteiger partial charge in [-0.3, -0.25) is 19.2 Å². The molecule has 0 aliphatic heterocycles. The molecule has 9 nitrogen and oxygen atoms in total. The highest BCUT2D eigenvalue weighted by atomic mass is 16.6. The molecule has 0 aromatic carbocycles. The van der Waals surface area contributed by atoms with Crippen molar-refractivity contribution in [2.24, 2.45) is 5.92 Å². The van der Waals surface area contributed by atoms with E-state index in [-0.39, 0.29) is 37.9 Å². The minimum atomic E-state index is -0.984. The molecule has 0 aliphatic carbocycles. The molecule has 0 aliphatic rings. The molecule has 0 rings (SSSR count). The second-order valence-corrected chi connectivity index (χ2v) is 11.4. The van der Waals surface area contributed by atoms with Crippen LogP contribution in [0.25, 0.3) is 0 Å². The smallest absolute Gasteiger partial charge is 0.329 e. The summed E-state index contributed by atoms with van der Waals surface area (Å²) in [5.74, 6) is -3.23. The number of esters is 3. The van der Waals surface area contributed by atoms with Crippen LogP contribution in [0.5, 0.6) is 0 Å². The molecule has 0 aromatic rings. The maximum Gasteiger partial charge on any atom is 0.329 e. The monoisotopic (exact) mass is 485 g/mol. The molecule has 34 heavy (non-hydrogen) atoms. The quantitative estimate of drug-likeness (QED) is 0.347. The lowest BCUT2D eigenvalue weighted by Gasteiger charge is -2.25. The largest absolute Gasteiger partial charge is 0.460 e. The number of rotatable bonds is 11. The van der Waals surface area contributed by atoms with Crippen LogP contribution in [0.4, 0.5) is 0 Å². The molecule has 0 spiro atoms. The van der Waals surface area contributed by atoms with Crippen molar-refractivity contribution in [3.05, 3.63) is 0 Å².